The summed E-state index contributed by atoms with van der Waals surface area (Å²) in [6.45, 7) is 8.11. The summed E-state index contributed by atoms with van der Waals surface area (Å²) in [5, 5.41) is 0. The molecule has 11 nitrogen and oxygen atoms in total. The largest absolute Gasteiger partial charge is 0.481 e. The predicted octanol–water partition coefficient (Wildman–Crippen LogP) is 6.13. The van der Waals surface area contributed by atoms with Crippen molar-refractivity contribution < 1.29 is 35.9 Å². The van der Waals surface area contributed by atoms with E-state index in [4.69, 9.17) is 9.47 Å². The highest BCUT2D eigenvalue weighted by Gasteiger charge is 2.32. The lowest BCUT2D eigenvalue weighted by atomic mass is 9.87. The summed E-state index contributed by atoms with van der Waals surface area (Å²) in [5.74, 6) is -0.713. The number of carbonyl (C=O) groups excluding carboxylic acids is 1. The Hall–Kier alpha value is -4.79. The van der Waals surface area contributed by atoms with Crippen LogP contribution in [0.25, 0.3) is 11.3 Å². The maximum absolute atomic E-state index is 14.2. The lowest BCUT2D eigenvalue weighted by Crippen LogP contribution is -2.45. The van der Waals surface area contributed by atoms with Crippen LogP contribution in [0.4, 0.5) is 19.1 Å². The van der Waals surface area contributed by atoms with E-state index in [1.807, 2.05) is 52.8 Å². The van der Waals surface area contributed by atoms with Gasteiger partial charge in [0.05, 0.1) is 35.6 Å². The fourth-order valence-corrected chi connectivity index (χ4v) is 6.35. The van der Waals surface area contributed by atoms with Crippen molar-refractivity contribution in [2.75, 3.05) is 17.9 Å². The van der Waals surface area contributed by atoms with Gasteiger partial charge in [-0.05, 0) is 55.0 Å². The highest BCUT2D eigenvalue weighted by atomic mass is 32.2. The molecule has 1 amide bonds. The molecule has 1 aliphatic rings. The van der Waals surface area contributed by atoms with Gasteiger partial charge in [-0.2, -0.15) is 18.2 Å². The summed E-state index contributed by atoms with van der Waals surface area (Å²) in [7, 11) is -4.26. The molecule has 0 radical (unpaired) electrons. The molecule has 4 aromatic rings. The molecule has 0 spiro atoms. The zero-order chi connectivity index (χ0) is 34.9. The van der Waals surface area contributed by atoms with Crippen LogP contribution in [-0.4, -0.2) is 64.6 Å². The third kappa shape index (κ3) is 8.56. The number of aromatic nitrogens is 4. The molecule has 5 rings (SSSR count). The topological polar surface area (TPSA) is 136 Å². The molecule has 4 bridgehead atoms. The van der Waals surface area contributed by atoms with E-state index in [-0.39, 0.29) is 52.4 Å². The van der Waals surface area contributed by atoms with E-state index in [9.17, 15) is 26.4 Å². The average molecular weight is 685 g/mol. The van der Waals surface area contributed by atoms with Gasteiger partial charge >= 0.3 is 6.18 Å². The molecule has 1 N–H and O–H groups in total. The summed E-state index contributed by atoms with van der Waals surface area (Å²) < 4.78 is 78.5. The number of carbonyl (C=O) groups is 1. The summed E-state index contributed by atoms with van der Waals surface area (Å²) in [4.78, 5) is 32.7. The van der Waals surface area contributed by atoms with Gasteiger partial charge in [-0.25, -0.2) is 28.1 Å². The van der Waals surface area contributed by atoms with Crippen LogP contribution in [-0.2, 0) is 16.6 Å². The third-order valence-corrected chi connectivity index (χ3v) is 8.75. The first kappa shape index (κ1) is 34.5. The molecule has 48 heavy (non-hydrogen) atoms. The molecule has 3 heterocycles. The van der Waals surface area contributed by atoms with Crippen molar-refractivity contribution in [1.82, 2.24) is 24.8 Å². The number of hydrogen-bond donors (Lipinski definition) is 1. The zero-order valence-corrected chi connectivity index (χ0v) is 27.8. The van der Waals surface area contributed by atoms with E-state index in [0.717, 1.165) is 29.1 Å². The number of rotatable bonds is 6. The first-order valence-electron chi connectivity index (χ1n) is 15.0. The Morgan fingerprint density at radius 2 is 1.67 bits per heavy atom. The van der Waals surface area contributed by atoms with E-state index < -0.39 is 34.8 Å². The van der Waals surface area contributed by atoms with Crippen molar-refractivity contribution in [3.8, 4) is 22.9 Å². The SMILES string of the molecule is Cc1cccc(C)c1-c1cc2nc(n1)NS(=O)(=O)c1cccc(c1)C(=O)N(Cc1ncc(OCC(F)(F)F)cn1)[C@H](CC(C)(C)C)CO2. The number of hydrogen-bond acceptors (Lipinski definition) is 9. The van der Waals surface area contributed by atoms with Crippen LogP contribution in [0, 0.1) is 19.3 Å². The summed E-state index contributed by atoms with van der Waals surface area (Å²) in [5.41, 5.74) is 2.82. The number of sulfonamides is 1. The van der Waals surface area contributed by atoms with Gasteiger partial charge < -0.3 is 14.4 Å². The van der Waals surface area contributed by atoms with Gasteiger partial charge in [0.25, 0.3) is 15.9 Å². The first-order valence-corrected chi connectivity index (χ1v) is 16.5. The van der Waals surface area contributed by atoms with Gasteiger partial charge in [-0.15, -0.1) is 0 Å². The molecule has 0 saturated carbocycles. The molecular weight excluding hydrogens is 649 g/mol. The number of fused-ring (bicyclic) bond motifs is 4. The van der Waals surface area contributed by atoms with Crippen LogP contribution < -0.4 is 14.2 Å². The molecular formula is C33H35F3N6O5S. The van der Waals surface area contributed by atoms with E-state index in [2.05, 4.69) is 24.7 Å². The quantitative estimate of drug-likeness (QED) is 0.254. The summed E-state index contributed by atoms with van der Waals surface area (Å²) in [6.07, 6.45) is -1.90. The number of nitrogens with one attached hydrogen (secondary N) is 1. The minimum atomic E-state index is -4.54. The van der Waals surface area contributed by atoms with Gasteiger partial charge in [-0.1, -0.05) is 45.0 Å². The smallest absolute Gasteiger partial charge is 0.422 e. The van der Waals surface area contributed by atoms with E-state index in [0.29, 0.717) is 12.1 Å². The van der Waals surface area contributed by atoms with Crippen LogP contribution in [0.2, 0.25) is 0 Å². The van der Waals surface area contributed by atoms with E-state index in [1.165, 1.54) is 29.2 Å². The van der Waals surface area contributed by atoms with Crippen molar-refractivity contribution in [3.05, 3.63) is 83.4 Å². The van der Waals surface area contributed by atoms with Gasteiger partial charge in [-0.3, -0.25) is 4.79 Å². The normalized spacial score (nSPS) is 16.5. The number of alkyl halides is 3. The van der Waals surface area contributed by atoms with Gasteiger partial charge in [0.15, 0.2) is 12.4 Å². The maximum Gasteiger partial charge on any atom is 0.422 e. The van der Waals surface area contributed by atoms with Gasteiger partial charge in [0.1, 0.15) is 12.4 Å². The number of benzene rings is 2. The van der Waals surface area contributed by atoms with Crippen LogP contribution in [0.5, 0.6) is 11.6 Å². The van der Waals surface area contributed by atoms with Crippen LogP contribution in [0.15, 0.2) is 65.8 Å². The zero-order valence-electron chi connectivity index (χ0n) is 27.0. The minimum absolute atomic E-state index is 0.0507. The second kappa shape index (κ2) is 13.4. The summed E-state index contributed by atoms with van der Waals surface area (Å²) in [6, 6.07) is 12.3. The van der Waals surface area contributed by atoms with Crippen molar-refractivity contribution in [2.24, 2.45) is 5.41 Å². The Kier molecular flexibility index (Phi) is 9.62. The third-order valence-electron chi connectivity index (χ3n) is 7.43. The highest BCUT2D eigenvalue weighted by Crippen LogP contribution is 2.32. The fraction of sp³-hybridized carbons (Fsp3) is 0.364. The maximum atomic E-state index is 14.2. The second-order valence-electron chi connectivity index (χ2n) is 12.7. The number of amides is 1. The average Bonchev–Trinajstić information content (AvgIpc) is 3.00. The number of aryl methyl sites for hydroxylation is 2. The van der Waals surface area contributed by atoms with E-state index in [1.54, 1.807) is 6.07 Å². The molecule has 1 aliphatic heterocycles. The number of anilines is 1. The molecule has 0 unspecified atom stereocenters. The Morgan fingerprint density at radius 1 is 1.00 bits per heavy atom. The second-order valence-corrected chi connectivity index (χ2v) is 14.4. The van der Waals surface area contributed by atoms with Crippen LogP contribution >= 0.6 is 0 Å². The standard InChI is InChI=1S/C33H35F3N6O5S/c1-20-8-6-9-21(2)29(20)26-13-28-40-31(39-26)41-48(44,45)25-11-7-10-22(12-25)30(43)42(23(18-46-28)14-32(3,4)5)17-27-37-15-24(16-38-27)47-19-33(34,35)36/h6-13,15-16,23H,14,17-19H2,1-5H3,(H,39,40,41)/t23-/m1/s1. The monoisotopic (exact) mass is 684 g/mol. The Bertz CT molecular complexity index is 1890. The van der Waals surface area contributed by atoms with Crippen molar-refractivity contribution in [2.45, 2.75) is 64.7 Å². The number of halogens is 3. The van der Waals surface area contributed by atoms with Crippen molar-refractivity contribution in [3.63, 3.8) is 0 Å². The lowest BCUT2D eigenvalue weighted by molar-refractivity contribution is -0.153. The molecule has 2 aromatic heterocycles. The van der Waals surface area contributed by atoms with Crippen molar-refractivity contribution >= 4 is 21.9 Å². The Balaban J connectivity index is 1.60. The molecule has 2 aromatic carbocycles. The molecule has 254 valence electrons. The van der Waals surface area contributed by atoms with E-state index >= 15 is 0 Å². The molecule has 1 atom stereocenters. The Labute approximate surface area is 276 Å². The predicted molar refractivity (Wildman–Crippen MR) is 171 cm³/mol. The summed E-state index contributed by atoms with van der Waals surface area (Å²) >= 11 is 0. The Morgan fingerprint density at radius 3 is 2.31 bits per heavy atom. The number of ether oxygens (including phenoxy) is 2. The van der Waals surface area contributed by atoms with Crippen LogP contribution in [0.1, 0.15) is 54.5 Å². The number of nitrogens with zero attached hydrogens (tertiary/aromatic N) is 5. The fourth-order valence-electron chi connectivity index (χ4n) is 5.36. The molecule has 0 aliphatic carbocycles. The van der Waals surface area contributed by atoms with Gasteiger partial charge in [0.2, 0.25) is 11.8 Å². The lowest BCUT2D eigenvalue weighted by Gasteiger charge is -2.35. The highest BCUT2D eigenvalue weighted by molar-refractivity contribution is 7.92. The first-order chi connectivity index (χ1) is 22.5. The molecule has 0 saturated heterocycles. The van der Waals surface area contributed by atoms with Gasteiger partial charge in [0, 0.05) is 17.2 Å². The van der Waals surface area contributed by atoms with Crippen molar-refractivity contribution in [1.29, 1.82) is 0 Å². The minimum Gasteiger partial charge on any atom is -0.481 e. The van der Waals surface area contributed by atoms with Crippen LogP contribution in [0.3, 0.4) is 0 Å². The molecule has 0 fully saturated rings. The molecule has 15 heteroatoms.